The zero-order valence-corrected chi connectivity index (χ0v) is 12.1. The van der Waals surface area contributed by atoms with Gasteiger partial charge in [0.05, 0.1) is 11.3 Å². The van der Waals surface area contributed by atoms with Gasteiger partial charge >= 0.3 is 0 Å². The zero-order chi connectivity index (χ0) is 14.5. The van der Waals surface area contributed by atoms with Crippen LogP contribution >= 0.6 is 0 Å². The zero-order valence-electron chi connectivity index (χ0n) is 12.1. The fraction of sp³-hybridized carbons (Fsp3) is 0.294. The Morgan fingerprint density at radius 3 is 2.45 bits per heavy atom. The van der Waals surface area contributed by atoms with Gasteiger partial charge in [0.25, 0.3) is 0 Å². The van der Waals surface area contributed by atoms with Gasteiger partial charge in [0, 0.05) is 12.6 Å². The second-order valence-electron chi connectivity index (χ2n) is 4.89. The molecular formula is C17H19N3. The van der Waals surface area contributed by atoms with Gasteiger partial charge < -0.3 is 5.32 Å². The molecule has 1 aromatic heterocycles. The number of nitrogens with one attached hydrogen (secondary N) is 1. The van der Waals surface area contributed by atoms with Gasteiger partial charge in [0.1, 0.15) is 11.9 Å². The van der Waals surface area contributed by atoms with E-state index in [1.807, 2.05) is 6.07 Å². The van der Waals surface area contributed by atoms with Crippen molar-refractivity contribution >= 4 is 5.82 Å². The molecule has 102 valence electrons. The minimum Gasteiger partial charge on any atom is -0.372 e. The van der Waals surface area contributed by atoms with E-state index in [-0.39, 0.29) is 0 Å². The lowest BCUT2D eigenvalue weighted by molar-refractivity contribution is 0.734. The van der Waals surface area contributed by atoms with E-state index < -0.39 is 0 Å². The molecule has 2 aromatic rings. The van der Waals surface area contributed by atoms with Crippen molar-refractivity contribution < 1.29 is 0 Å². The molecule has 0 radical (unpaired) electrons. The van der Waals surface area contributed by atoms with Crippen LogP contribution in [-0.4, -0.2) is 12.0 Å². The number of pyridine rings is 1. The predicted octanol–water partition coefficient (Wildman–Crippen LogP) is 4.18. The van der Waals surface area contributed by atoms with Crippen molar-refractivity contribution in [3.05, 3.63) is 47.5 Å². The number of nitrogens with zero attached hydrogens (tertiary/aromatic N) is 2. The monoisotopic (exact) mass is 265 g/mol. The molecule has 1 aromatic carbocycles. The maximum atomic E-state index is 9.01. The summed E-state index contributed by atoms with van der Waals surface area (Å²) in [5.74, 6) is 1.20. The van der Waals surface area contributed by atoms with Crippen LogP contribution in [0.2, 0.25) is 0 Å². The quantitative estimate of drug-likeness (QED) is 0.902. The first-order valence-electron chi connectivity index (χ1n) is 6.88. The highest BCUT2D eigenvalue weighted by Crippen LogP contribution is 2.24. The van der Waals surface area contributed by atoms with Crippen LogP contribution in [0.4, 0.5) is 5.82 Å². The molecule has 1 unspecified atom stereocenters. The topological polar surface area (TPSA) is 48.7 Å². The lowest BCUT2D eigenvalue weighted by Crippen LogP contribution is -1.97. The molecule has 0 fully saturated rings. The molecular weight excluding hydrogens is 246 g/mol. The molecule has 0 saturated heterocycles. The summed E-state index contributed by atoms with van der Waals surface area (Å²) in [5, 5.41) is 12.0. The first-order chi connectivity index (χ1) is 9.69. The summed E-state index contributed by atoms with van der Waals surface area (Å²) in [4.78, 5) is 4.49. The Balaban J connectivity index is 2.35. The van der Waals surface area contributed by atoms with E-state index in [1.54, 1.807) is 13.1 Å². The maximum absolute atomic E-state index is 9.01. The Morgan fingerprint density at radius 1 is 1.20 bits per heavy atom. The van der Waals surface area contributed by atoms with E-state index in [1.165, 1.54) is 5.56 Å². The largest absolute Gasteiger partial charge is 0.372 e. The van der Waals surface area contributed by atoms with Gasteiger partial charge in [-0.1, -0.05) is 38.1 Å². The Morgan fingerprint density at radius 2 is 1.90 bits per heavy atom. The van der Waals surface area contributed by atoms with Crippen LogP contribution in [0, 0.1) is 11.3 Å². The van der Waals surface area contributed by atoms with Gasteiger partial charge in [-0.05, 0) is 30.0 Å². The van der Waals surface area contributed by atoms with Gasteiger partial charge in [-0.3, -0.25) is 0 Å². The smallest absolute Gasteiger partial charge is 0.144 e. The molecule has 1 heterocycles. The van der Waals surface area contributed by atoms with E-state index in [0.29, 0.717) is 17.3 Å². The summed E-state index contributed by atoms with van der Waals surface area (Å²) < 4.78 is 0. The number of rotatable bonds is 4. The highest BCUT2D eigenvalue weighted by atomic mass is 15.0. The fourth-order valence-electron chi connectivity index (χ4n) is 2.12. The number of nitriles is 1. The van der Waals surface area contributed by atoms with Crippen LogP contribution in [0.5, 0.6) is 0 Å². The van der Waals surface area contributed by atoms with Crippen molar-refractivity contribution in [2.75, 3.05) is 12.4 Å². The SMILES string of the molecule is CCC(C)c1ccc(-c2ccc(C#N)c(NC)n2)cc1. The van der Waals surface area contributed by atoms with Crippen molar-refractivity contribution in [3.8, 4) is 17.3 Å². The van der Waals surface area contributed by atoms with Crippen molar-refractivity contribution in [1.29, 1.82) is 5.26 Å². The Hall–Kier alpha value is -2.34. The average Bonchev–Trinajstić information content (AvgIpc) is 2.53. The standard InChI is InChI=1S/C17H19N3/c1-4-12(2)13-5-7-14(8-6-13)16-10-9-15(11-18)17(19-3)20-16/h5-10,12H,4H2,1-3H3,(H,19,20). The molecule has 0 aliphatic heterocycles. The van der Waals surface area contributed by atoms with E-state index in [2.05, 4.69) is 54.5 Å². The van der Waals surface area contributed by atoms with Gasteiger partial charge in [0.15, 0.2) is 0 Å². The van der Waals surface area contributed by atoms with Crippen LogP contribution in [0.1, 0.15) is 37.3 Å². The van der Waals surface area contributed by atoms with Gasteiger partial charge in [-0.2, -0.15) is 5.26 Å². The minimum absolute atomic E-state index is 0.562. The van der Waals surface area contributed by atoms with Crippen LogP contribution in [0.3, 0.4) is 0 Å². The van der Waals surface area contributed by atoms with Gasteiger partial charge in [-0.15, -0.1) is 0 Å². The second kappa shape index (κ2) is 6.21. The summed E-state index contributed by atoms with van der Waals surface area (Å²) in [6.07, 6.45) is 1.14. The van der Waals surface area contributed by atoms with Crippen LogP contribution in [0.15, 0.2) is 36.4 Å². The highest BCUT2D eigenvalue weighted by molar-refractivity contribution is 5.65. The van der Waals surface area contributed by atoms with Crippen LogP contribution in [-0.2, 0) is 0 Å². The summed E-state index contributed by atoms with van der Waals surface area (Å²) in [6, 6.07) is 14.3. The molecule has 1 atom stereocenters. The van der Waals surface area contributed by atoms with Gasteiger partial charge in [-0.25, -0.2) is 4.98 Å². The third kappa shape index (κ3) is 2.80. The molecule has 3 nitrogen and oxygen atoms in total. The van der Waals surface area contributed by atoms with Gasteiger partial charge in [0.2, 0.25) is 0 Å². The predicted molar refractivity (Wildman–Crippen MR) is 82.6 cm³/mol. The maximum Gasteiger partial charge on any atom is 0.144 e. The molecule has 0 amide bonds. The lowest BCUT2D eigenvalue weighted by Gasteiger charge is -2.10. The third-order valence-electron chi connectivity index (χ3n) is 3.64. The number of benzene rings is 1. The van der Waals surface area contributed by atoms with E-state index >= 15 is 0 Å². The van der Waals surface area contributed by atoms with Crippen LogP contribution in [0.25, 0.3) is 11.3 Å². The third-order valence-corrected chi connectivity index (χ3v) is 3.64. The Bertz CT molecular complexity index is 624. The summed E-state index contributed by atoms with van der Waals surface area (Å²) in [7, 11) is 1.78. The fourth-order valence-corrected chi connectivity index (χ4v) is 2.12. The molecule has 1 N–H and O–H groups in total. The molecule has 0 aliphatic carbocycles. The van der Waals surface area contributed by atoms with Crippen LogP contribution < -0.4 is 5.32 Å². The lowest BCUT2D eigenvalue weighted by atomic mass is 9.97. The first-order valence-corrected chi connectivity index (χ1v) is 6.88. The van der Waals surface area contributed by atoms with E-state index in [9.17, 15) is 0 Å². The molecule has 20 heavy (non-hydrogen) atoms. The number of hydrogen-bond donors (Lipinski definition) is 1. The summed E-state index contributed by atoms with van der Waals surface area (Å²) in [5.41, 5.74) is 3.85. The molecule has 3 heteroatoms. The minimum atomic E-state index is 0.562. The molecule has 2 rings (SSSR count). The average molecular weight is 265 g/mol. The van der Waals surface area contributed by atoms with Crippen molar-refractivity contribution in [3.63, 3.8) is 0 Å². The number of aromatic nitrogens is 1. The summed E-state index contributed by atoms with van der Waals surface area (Å²) >= 11 is 0. The highest BCUT2D eigenvalue weighted by Gasteiger charge is 2.07. The number of hydrogen-bond acceptors (Lipinski definition) is 3. The molecule has 0 aliphatic rings. The van der Waals surface area contributed by atoms with Crippen molar-refractivity contribution in [2.24, 2.45) is 0 Å². The van der Waals surface area contributed by atoms with Crippen molar-refractivity contribution in [1.82, 2.24) is 4.98 Å². The first kappa shape index (κ1) is 14.1. The summed E-state index contributed by atoms with van der Waals surface area (Å²) in [6.45, 7) is 4.42. The normalized spacial score (nSPS) is 11.7. The molecule has 0 bridgehead atoms. The number of anilines is 1. The molecule has 0 spiro atoms. The van der Waals surface area contributed by atoms with E-state index in [4.69, 9.17) is 5.26 Å². The Labute approximate surface area is 120 Å². The van der Waals surface area contributed by atoms with E-state index in [0.717, 1.165) is 17.7 Å². The Kier molecular flexibility index (Phi) is 4.37. The van der Waals surface area contributed by atoms with Crippen molar-refractivity contribution in [2.45, 2.75) is 26.2 Å². The second-order valence-corrected chi connectivity index (χ2v) is 4.89. The molecule has 0 saturated carbocycles.